The quantitative estimate of drug-likeness (QED) is 0.616. The molecular weight excluding hydrogens is 319 g/mol. The topological polar surface area (TPSA) is 29.5 Å². The fraction of sp³-hybridized carbons (Fsp3) is 0.818. The zero-order valence-electron chi connectivity index (χ0n) is 10.2. The maximum atomic E-state index is 9.63. The number of rotatable bonds is 2. The van der Waals surface area contributed by atoms with Crippen molar-refractivity contribution in [3.63, 3.8) is 0 Å². The van der Waals surface area contributed by atoms with Gasteiger partial charge in [-0.1, -0.05) is 20.8 Å². The van der Waals surface area contributed by atoms with Crippen LogP contribution in [-0.2, 0) is 4.43 Å². The third kappa shape index (κ3) is 3.28. The summed E-state index contributed by atoms with van der Waals surface area (Å²) in [6.07, 6.45) is 2.60. The highest BCUT2D eigenvalue weighted by Gasteiger charge is 2.40. The molecule has 0 aromatic heterocycles. The lowest BCUT2D eigenvalue weighted by molar-refractivity contribution is 0.155. The first-order valence-corrected chi connectivity index (χ1v) is 9.35. The lowest BCUT2D eigenvalue weighted by Crippen LogP contribution is -2.43. The van der Waals surface area contributed by atoms with Crippen LogP contribution in [0.4, 0.5) is 0 Å². The third-order valence-electron chi connectivity index (χ3n) is 3.37. The van der Waals surface area contributed by atoms with Crippen molar-refractivity contribution in [1.29, 1.82) is 0 Å². The second kappa shape index (κ2) is 4.47. The minimum atomic E-state index is -1.69. The van der Waals surface area contributed by atoms with Crippen LogP contribution in [0, 0.1) is 0 Å². The molecule has 1 aliphatic carbocycles. The molecule has 1 rings (SSSR count). The molecule has 4 heteroatoms. The molecule has 2 atom stereocenters. The second-order valence-electron chi connectivity index (χ2n) is 5.72. The summed E-state index contributed by atoms with van der Waals surface area (Å²) in [7, 11) is -1.69. The maximum Gasteiger partial charge on any atom is 0.192 e. The van der Waals surface area contributed by atoms with Crippen LogP contribution in [0.3, 0.4) is 0 Å². The molecule has 1 N–H and O–H groups in total. The highest BCUT2D eigenvalue weighted by atomic mass is 127. The van der Waals surface area contributed by atoms with Gasteiger partial charge in [-0.05, 0) is 46.8 Å². The smallest absolute Gasteiger partial charge is 0.192 e. The first-order valence-electron chi connectivity index (χ1n) is 5.36. The third-order valence-corrected chi connectivity index (χ3v) is 8.95. The van der Waals surface area contributed by atoms with E-state index < -0.39 is 8.32 Å². The van der Waals surface area contributed by atoms with E-state index >= 15 is 0 Å². The van der Waals surface area contributed by atoms with Gasteiger partial charge in [0.05, 0.1) is 12.2 Å². The minimum Gasteiger partial charge on any atom is -0.410 e. The average molecular weight is 340 g/mol. The summed E-state index contributed by atoms with van der Waals surface area (Å²) >= 11 is 2.19. The molecule has 0 bridgehead atoms. The van der Waals surface area contributed by atoms with Crippen molar-refractivity contribution in [2.45, 2.75) is 57.5 Å². The fourth-order valence-electron chi connectivity index (χ4n) is 1.33. The summed E-state index contributed by atoms with van der Waals surface area (Å²) in [6.45, 7) is 11.2. The Morgan fingerprint density at radius 2 is 2.00 bits per heavy atom. The number of aliphatic hydroxyl groups is 1. The number of hydrogen-bond acceptors (Lipinski definition) is 2. The first kappa shape index (κ1) is 13.7. The first-order chi connectivity index (χ1) is 6.63. The normalized spacial score (nSPS) is 28.1. The van der Waals surface area contributed by atoms with Gasteiger partial charge >= 0.3 is 0 Å². The van der Waals surface area contributed by atoms with Crippen LogP contribution in [-0.4, -0.2) is 25.6 Å². The van der Waals surface area contributed by atoms with Crippen LogP contribution in [0.2, 0.25) is 18.1 Å². The lowest BCUT2D eigenvalue weighted by Gasteiger charge is -2.38. The lowest BCUT2D eigenvalue weighted by atomic mass is 10.2. The van der Waals surface area contributed by atoms with Crippen molar-refractivity contribution in [2.24, 2.45) is 0 Å². The van der Waals surface area contributed by atoms with Crippen molar-refractivity contribution in [2.75, 3.05) is 0 Å². The van der Waals surface area contributed by atoms with Gasteiger partial charge in [-0.15, -0.1) is 0 Å². The molecule has 15 heavy (non-hydrogen) atoms. The SMILES string of the molecule is CC(C)(C)[Si](C)(C)O[C@@H]1C=C(I)[C@H](O)C1. The molecule has 0 saturated carbocycles. The molecule has 0 aromatic carbocycles. The zero-order chi connectivity index (χ0) is 11.9. The van der Waals surface area contributed by atoms with Crippen molar-refractivity contribution < 1.29 is 9.53 Å². The van der Waals surface area contributed by atoms with Crippen molar-refractivity contribution in [3.8, 4) is 0 Å². The van der Waals surface area contributed by atoms with E-state index in [4.69, 9.17) is 4.43 Å². The molecule has 0 unspecified atom stereocenters. The van der Waals surface area contributed by atoms with E-state index in [0.29, 0.717) is 0 Å². The van der Waals surface area contributed by atoms with E-state index in [1.165, 1.54) is 0 Å². The Balaban J connectivity index is 2.65. The predicted molar refractivity (Wildman–Crippen MR) is 74.8 cm³/mol. The molecule has 0 aliphatic heterocycles. The Hall–Kier alpha value is 0.607. The van der Waals surface area contributed by atoms with Crippen LogP contribution in [0.5, 0.6) is 0 Å². The van der Waals surface area contributed by atoms with Gasteiger partial charge in [0, 0.05) is 10.0 Å². The minimum absolute atomic E-state index is 0.118. The van der Waals surface area contributed by atoms with Gasteiger partial charge < -0.3 is 9.53 Å². The van der Waals surface area contributed by atoms with Gasteiger partial charge in [0.1, 0.15) is 0 Å². The number of halogens is 1. The largest absolute Gasteiger partial charge is 0.410 e. The summed E-state index contributed by atoms with van der Waals surface area (Å²) < 4.78 is 7.23. The molecule has 0 radical (unpaired) electrons. The summed E-state index contributed by atoms with van der Waals surface area (Å²) in [4.78, 5) is 0. The van der Waals surface area contributed by atoms with E-state index in [1.54, 1.807) is 0 Å². The molecule has 0 aromatic rings. The predicted octanol–water partition coefficient (Wildman–Crippen LogP) is 3.46. The molecule has 0 saturated heterocycles. The van der Waals surface area contributed by atoms with Crippen LogP contribution < -0.4 is 0 Å². The van der Waals surface area contributed by atoms with Crippen molar-refractivity contribution in [1.82, 2.24) is 0 Å². The van der Waals surface area contributed by atoms with E-state index in [9.17, 15) is 5.11 Å². The molecule has 0 amide bonds. The molecule has 88 valence electrons. The summed E-state index contributed by atoms with van der Waals surface area (Å²) in [5, 5.41) is 9.86. The van der Waals surface area contributed by atoms with Gasteiger partial charge in [0.25, 0.3) is 0 Å². The van der Waals surface area contributed by atoms with E-state index in [0.717, 1.165) is 10.0 Å². The molecule has 2 nitrogen and oxygen atoms in total. The highest BCUT2D eigenvalue weighted by Crippen LogP contribution is 2.39. The maximum absolute atomic E-state index is 9.63. The Morgan fingerprint density at radius 3 is 2.33 bits per heavy atom. The van der Waals surface area contributed by atoms with E-state index in [1.807, 2.05) is 0 Å². The molecule has 0 spiro atoms. The van der Waals surface area contributed by atoms with Gasteiger partial charge in [0.15, 0.2) is 8.32 Å². The molecule has 1 aliphatic rings. The van der Waals surface area contributed by atoms with Gasteiger partial charge in [0.2, 0.25) is 0 Å². The summed E-state index contributed by atoms with van der Waals surface area (Å²) in [6, 6.07) is 0. The van der Waals surface area contributed by atoms with E-state index in [2.05, 4.69) is 62.5 Å². The summed E-state index contributed by atoms with van der Waals surface area (Å²) in [5.41, 5.74) is 0. The van der Waals surface area contributed by atoms with Crippen molar-refractivity contribution in [3.05, 3.63) is 9.66 Å². The Labute approximate surface area is 107 Å². The number of aliphatic hydroxyl groups excluding tert-OH is 1. The fourth-order valence-corrected chi connectivity index (χ4v) is 3.26. The molecule has 0 fully saturated rings. The van der Waals surface area contributed by atoms with Crippen molar-refractivity contribution >= 4 is 30.9 Å². The zero-order valence-corrected chi connectivity index (χ0v) is 13.3. The molecular formula is C11H21IO2Si. The van der Waals surface area contributed by atoms with Crippen LogP contribution in [0.15, 0.2) is 9.66 Å². The van der Waals surface area contributed by atoms with Crippen LogP contribution >= 0.6 is 22.6 Å². The average Bonchev–Trinajstić information content (AvgIpc) is 2.27. The monoisotopic (exact) mass is 340 g/mol. The van der Waals surface area contributed by atoms with Gasteiger partial charge in [-0.25, -0.2) is 0 Å². The number of hydrogen-bond donors (Lipinski definition) is 1. The van der Waals surface area contributed by atoms with Gasteiger partial charge in [-0.2, -0.15) is 0 Å². The Morgan fingerprint density at radius 1 is 1.47 bits per heavy atom. The van der Waals surface area contributed by atoms with E-state index in [-0.39, 0.29) is 17.2 Å². The second-order valence-corrected chi connectivity index (χ2v) is 11.7. The Kier molecular flexibility index (Phi) is 4.07. The van der Waals surface area contributed by atoms with Crippen LogP contribution in [0.25, 0.3) is 0 Å². The van der Waals surface area contributed by atoms with Gasteiger partial charge in [-0.3, -0.25) is 0 Å². The molecule has 0 heterocycles. The standard InChI is InChI=1S/C11H21IO2Si/c1-11(2,3)15(4,5)14-8-6-9(12)10(13)7-8/h6,8,10,13H,7H2,1-5H3/t8-,10-/m1/s1. The Bertz CT molecular complexity index is 268. The summed E-state index contributed by atoms with van der Waals surface area (Å²) in [5.74, 6) is 0. The van der Waals surface area contributed by atoms with Crippen LogP contribution in [0.1, 0.15) is 27.2 Å². The highest BCUT2D eigenvalue weighted by molar-refractivity contribution is 14.1.